The molecule has 172 valence electrons. The molecule has 2 aliphatic heterocycles. The van der Waals surface area contributed by atoms with Crippen LogP contribution in [0, 0.1) is 0 Å². The van der Waals surface area contributed by atoms with Crippen LogP contribution in [0.25, 0.3) is 0 Å². The van der Waals surface area contributed by atoms with Gasteiger partial charge in [-0.3, -0.25) is 4.79 Å². The number of anilines is 1. The number of carbonyl (C=O) groups excluding carboxylic acids is 1. The fourth-order valence-corrected chi connectivity index (χ4v) is 4.33. The Balaban J connectivity index is 1.47. The minimum absolute atomic E-state index is 0.220. The third-order valence-electron chi connectivity index (χ3n) is 6.00. The van der Waals surface area contributed by atoms with Gasteiger partial charge < -0.3 is 25.4 Å². The highest BCUT2D eigenvalue weighted by atomic mass is 16.5. The van der Waals surface area contributed by atoms with E-state index in [-0.39, 0.29) is 12.0 Å². The first-order valence-electron chi connectivity index (χ1n) is 11.6. The summed E-state index contributed by atoms with van der Waals surface area (Å²) in [5, 5.41) is 15.3. The van der Waals surface area contributed by atoms with Crippen molar-refractivity contribution in [2.24, 2.45) is 0 Å². The number of pyridine rings is 1. The molecule has 3 heterocycles. The summed E-state index contributed by atoms with van der Waals surface area (Å²) in [5.41, 5.74) is 2.43. The number of nitrogens with one attached hydrogen (secondary N) is 2. The molecule has 0 bridgehead atoms. The van der Waals surface area contributed by atoms with Gasteiger partial charge in [-0.2, -0.15) is 0 Å². The predicted molar refractivity (Wildman–Crippen MR) is 119 cm³/mol. The topological polar surface area (TPSA) is 104 Å². The molecule has 2 atom stereocenters. The number of amides is 1. The predicted octanol–water partition coefficient (Wildman–Crippen LogP) is 2.22. The van der Waals surface area contributed by atoms with Crippen molar-refractivity contribution in [1.82, 2.24) is 15.2 Å². The van der Waals surface area contributed by atoms with Gasteiger partial charge in [-0.05, 0) is 69.5 Å². The van der Waals surface area contributed by atoms with Gasteiger partial charge >= 0.3 is 5.97 Å². The molecule has 1 amide bonds. The Kier molecular flexibility index (Phi) is 9.09. The van der Waals surface area contributed by atoms with E-state index in [1.54, 1.807) is 0 Å². The lowest BCUT2D eigenvalue weighted by Crippen LogP contribution is -2.43. The van der Waals surface area contributed by atoms with E-state index in [9.17, 15) is 14.7 Å². The van der Waals surface area contributed by atoms with Gasteiger partial charge in [-0.25, -0.2) is 9.78 Å². The third kappa shape index (κ3) is 7.78. The van der Waals surface area contributed by atoms with Gasteiger partial charge in [0.05, 0.1) is 6.10 Å². The molecule has 1 saturated heterocycles. The van der Waals surface area contributed by atoms with Gasteiger partial charge in [-0.1, -0.05) is 6.07 Å². The first-order chi connectivity index (χ1) is 15.0. The van der Waals surface area contributed by atoms with Crippen LogP contribution in [-0.4, -0.2) is 71.8 Å². The lowest BCUT2D eigenvalue weighted by atomic mass is 10.1. The van der Waals surface area contributed by atoms with Gasteiger partial charge in [0.25, 0.3) is 0 Å². The first kappa shape index (κ1) is 23.5. The SMILES string of the molecule is CC(=O)NC(CCN(CCCCc1ccc2c(n1)NCCC2)CC1CCCO1)C(=O)O. The lowest BCUT2D eigenvalue weighted by molar-refractivity contribution is -0.141. The number of ether oxygens (including phenoxy) is 1. The average Bonchev–Trinajstić information content (AvgIpc) is 3.26. The second-order valence-electron chi connectivity index (χ2n) is 8.61. The monoisotopic (exact) mass is 432 g/mol. The number of aliphatic carboxylic acids is 1. The summed E-state index contributed by atoms with van der Waals surface area (Å²) in [7, 11) is 0. The number of unbranched alkanes of at least 4 members (excludes halogenated alkanes) is 1. The summed E-state index contributed by atoms with van der Waals surface area (Å²) in [4.78, 5) is 29.8. The minimum Gasteiger partial charge on any atom is -0.480 e. The maximum atomic E-state index is 11.4. The second-order valence-corrected chi connectivity index (χ2v) is 8.61. The Bertz CT molecular complexity index is 736. The average molecular weight is 433 g/mol. The molecule has 8 heteroatoms. The number of aromatic nitrogens is 1. The molecule has 1 aromatic heterocycles. The number of carboxylic acids is 1. The molecule has 0 aliphatic carbocycles. The van der Waals surface area contributed by atoms with Crippen LogP contribution in [0.3, 0.4) is 0 Å². The van der Waals surface area contributed by atoms with Crippen molar-refractivity contribution in [3.05, 3.63) is 23.4 Å². The highest BCUT2D eigenvalue weighted by Crippen LogP contribution is 2.20. The van der Waals surface area contributed by atoms with E-state index in [0.717, 1.165) is 76.3 Å². The normalized spacial score (nSPS) is 19.0. The van der Waals surface area contributed by atoms with E-state index in [0.29, 0.717) is 13.0 Å². The smallest absolute Gasteiger partial charge is 0.326 e. The van der Waals surface area contributed by atoms with Gasteiger partial charge in [0, 0.05) is 38.9 Å². The zero-order valence-electron chi connectivity index (χ0n) is 18.6. The fourth-order valence-electron chi connectivity index (χ4n) is 4.33. The van der Waals surface area contributed by atoms with E-state index in [2.05, 4.69) is 27.7 Å². The number of rotatable bonds is 12. The van der Waals surface area contributed by atoms with Crippen LogP contribution in [0.5, 0.6) is 0 Å². The Hall–Kier alpha value is -2.19. The van der Waals surface area contributed by atoms with Gasteiger partial charge in [0.1, 0.15) is 11.9 Å². The van der Waals surface area contributed by atoms with Crippen LogP contribution < -0.4 is 10.6 Å². The van der Waals surface area contributed by atoms with Crippen molar-refractivity contribution < 1.29 is 19.4 Å². The summed E-state index contributed by atoms with van der Waals surface area (Å²) in [6.07, 6.45) is 7.99. The number of hydrogen-bond donors (Lipinski definition) is 3. The Morgan fingerprint density at radius 2 is 2.19 bits per heavy atom. The second kappa shape index (κ2) is 12.0. The van der Waals surface area contributed by atoms with Crippen LogP contribution in [0.4, 0.5) is 5.82 Å². The van der Waals surface area contributed by atoms with Crippen LogP contribution in [0.2, 0.25) is 0 Å². The van der Waals surface area contributed by atoms with E-state index < -0.39 is 12.0 Å². The first-order valence-corrected chi connectivity index (χ1v) is 11.6. The number of nitrogens with zero attached hydrogens (tertiary/aromatic N) is 2. The summed E-state index contributed by atoms with van der Waals surface area (Å²) < 4.78 is 5.79. The van der Waals surface area contributed by atoms with Gasteiger partial charge in [-0.15, -0.1) is 0 Å². The Morgan fingerprint density at radius 1 is 1.32 bits per heavy atom. The number of carboxylic acid groups (broad SMARTS) is 1. The molecule has 1 fully saturated rings. The Labute approximate surface area is 184 Å². The molecule has 0 radical (unpaired) electrons. The molecule has 31 heavy (non-hydrogen) atoms. The summed E-state index contributed by atoms with van der Waals surface area (Å²) in [6.45, 7) is 5.48. The van der Waals surface area contributed by atoms with Crippen LogP contribution in [0.1, 0.15) is 56.7 Å². The maximum absolute atomic E-state index is 11.4. The lowest BCUT2D eigenvalue weighted by Gasteiger charge is -2.26. The van der Waals surface area contributed by atoms with Gasteiger partial charge in [0.15, 0.2) is 0 Å². The molecular formula is C23H36N4O4. The van der Waals surface area contributed by atoms with Crippen molar-refractivity contribution in [2.45, 2.75) is 70.4 Å². The number of hydrogen-bond acceptors (Lipinski definition) is 6. The molecule has 2 unspecified atom stereocenters. The van der Waals surface area contributed by atoms with E-state index in [1.165, 1.54) is 18.9 Å². The summed E-state index contributed by atoms with van der Waals surface area (Å²) in [6, 6.07) is 3.49. The number of fused-ring (bicyclic) bond motifs is 1. The van der Waals surface area contributed by atoms with E-state index >= 15 is 0 Å². The van der Waals surface area contributed by atoms with Crippen LogP contribution in [-0.2, 0) is 27.2 Å². The van der Waals surface area contributed by atoms with Gasteiger partial charge in [0.2, 0.25) is 5.91 Å². The molecule has 3 rings (SSSR count). The minimum atomic E-state index is -0.987. The van der Waals surface area contributed by atoms with Crippen molar-refractivity contribution in [3.63, 3.8) is 0 Å². The zero-order valence-corrected chi connectivity index (χ0v) is 18.6. The molecular weight excluding hydrogens is 396 g/mol. The zero-order chi connectivity index (χ0) is 22.1. The largest absolute Gasteiger partial charge is 0.480 e. The fraction of sp³-hybridized carbons (Fsp3) is 0.696. The molecule has 0 aromatic carbocycles. The molecule has 1 aromatic rings. The van der Waals surface area contributed by atoms with Crippen molar-refractivity contribution in [3.8, 4) is 0 Å². The summed E-state index contributed by atoms with van der Waals surface area (Å²) in [5.74, 6) is -0.258. The highest BCUT2D eigenvalue weighted by Gasteiger charge is 2.23. The third-order valence-corrected chi connectivity index (χ3v) is 6.00. The standard InChI is InChI=1S/C23H36N4O4/c1-17(28)25-21(23(29)30)11-14-27(16-20-8-5-15-31-20)13-3-2-7-19-10-9-18-6-4-12-24-22(18)26-19/h9-10,20-21H,2-8,11-16H2,1H3,(H,24,26)(H,25,28)(H,29,30). The van der Waals surface area contributed by atoms with Crippen molar-refractivity contribution in [1.29, 1.82) is 0 Å². The molecule has 3 N–H and O–H groups in total. The summed E-state index contributed by atoms with van der Waals surface area (Å²) >= 11 is 0. The Morgan fingerprint density at radius 3 is 2.94 bits per heavy atom. The van der Waals surface area contributed by atoms with Crippen molar-refractivity contribution >= 4 is 17.7 Å². The van der Waals surface area contributed by atoms with E-state index in [1.807, 2.05) is 0 Å². The van der Waals surface area contributed by atoms with Crippen molar-refractivity contribution in [2.75, 3.05) is 38.1 Å². The highest BCUT2D eigenvalue weighted by molar-refractivity contribution is 5.82. The molecule has 8 nitrogen and oxygen atoms in total. The molecule has 2 aliphatic rings. The van der Waals surface area contributed by atoms with Crippen LogP contribution in [0.15, 0.2) is 12.1 Å². The quantitative estimate of drug-likeness (QED) is 0.435. The number of aryl methyl sites for hydroxylation is 2. The maximum Gasteiger partial charge on any atom is 0.326 e. The van der Waals surface area contributed by atoms with Crippen LogP contribution >= 0.6 is 0 Å². The molecule has 0 spiro atoms. The molecule has 0 saturated carbocycles. The van der Waals surface area contributed by atoms with E-state index in [4.69, 9.17) is 9.72 Å². The number of carbonyl (C=O) groups is 2.